The zero-order valence-corrected chi connectivity index (χ0v) is 10.1. The van der Waals surface area contributed by atoms with Crippen molar-refractivity contribution in [3.8, 4) is 5.75 Å². The summed E-state index contributed by atoms with van der Waals surface area (Å²) in [6.07, 6.45) is 4.14. The molecule has 0 aliphatic rings. The lowest BCUT2D eigenvalue weighted by atomic mass is 10.1. The highest BCUT2D eigenvalue weighted by Crippen LogP contribution is 2.22. The molecule has 1 aromatic carbocycles. The molecule has 18 heavy (non-hydrogen) atoms. The van der Waals surface area contributed by atoms with Crippen LogP contribution in [0, 0.1) is 5.82 Å². The molecule has 2 rings (SSSR count). The quantitative estimate of drug-likeness (QED) is 0.846. The monoisotopic (exact) mass is 249 g/mol. The molecule has 5 heteroatoms. The molecule has 0 saturated heterocycles. The maximum absolute atomic E-state index is 13.7. The lowest BCUT2D eigenvalue weighted by Gasteiger charge is -2.11. The molecule has 0 saturated carbocycles. The summed E-state index contributed by atoms with van der Waals surface area (Å²) in [7, 11) is 0. The predicted octanol–water partition coefficient (Wildman–Crippen LogP) is 1.60. The topological polar surface area (TPSA) is 53.1 Å². The lowest BCUT2D eigenvalue weighted by molar-refractivity contribution is 0.275. The molecular formula is C13H16FN3O. The van der Waals surface area contributed by atoms with E-state index in [0.29, 0.717) is 31.9 Å². The first-order valence-corrected chi connectivity index (χ1v) is 5.89. The Balaban J connectivity index is 1.99. The van der Waals surface area contributed by atoms with E-state index in [4.69, 9.17) is 10.5 Å². The van der Waals surface area contributed by atoms with Crippen LogP contribution in [0.25, 0.3) is 0 Å². The number of rotatable bonds is 6. The van der Waals surface area contributed by atoms with Gasteiger partial charge < -0.3 is 10.5 Å². The van der Waals surface area contributed by atoms with Gasteiger partial charge in [0.2, 0.25) is 0 Å². The summed E-state index contributed by atoms with van der Waals surface area (Å²) in [5.74, 6) is -0.0449. The number of nitrogens with two attached hydrogens (primary N) is 1. The number of para-hydroxylation sites is 1. The second kappa shape index (κ2) is 6.16. The summed E-state index contributed by atoms with van der Waals surface area (Å²) in [4.78, 5) is 0. The van der Waals surface area contributed by atoms with E-state index >= 15 is 0 Å². The van der Waals surface area contributed by atoms with E-state index in [1.54, 1.807) is 16.9 Å². The highest BCUT2D eigenvalue weighted by Gasteiger charge is 2.09. The number of hydrogen-bond donors (Lipinski definition) is 1. The van der Waals surface area contributed by atoms with E-state index < -0.39 is 0 Å². The minimum atomic E-state index is -0.346. The Morgan fingerprint density at radius 2 is 2.22 bits per heavy atom. The maximum Gasteiger partial charge on any atom is 0.165 e. The Morgan fingerprint density at radius 3 is 2.94 bits per heavy atom. The molecule has 0 atom stereocenters. The molecule has 2 aromatic rings. The fourth-order valence-corrected chi connectivity index (χ4v) is 1.74. The molecule has 0 spiro atoms. The Bertz CT molecular complexity index is 485. The number of aromatic nitrogens is 2. The van der Waals surface area contributed by atoms with Crippen LogP contribution in [0.15, 0.2) is 36.7 Å². The molecule has 4 nitrogen and oxygen atoms in total. The third-order valence-electron chi connectivity index (χ3n) is 2.59. The van der Waals surface area contributed by atoms with Crippen LogP contribution in [0.5, 0.6) is 5.75 Å². The van der Waals surface area contributed by atoms with E-state index in [2.05, 4.69) is 5.10 Å². The standard InChI is InChI=1S/C13H16FN3O/c14-12-4-1-3-11(5-6-15)13(12)18-10-9-17-8-2-7-16-17/h1-4,7-8H,5-6,9-10,15H2. The van der Waals surface area contributed by atoms with Gasteiger partial charge in [0.05, 0.1) is 6.54 Å². The van der Waals surface area contributed by atoms with Gasteiger partial charge in [0.1, 0.15) is 6.61 Å². The third kappa shape index (κ3) is 3.07. The Kier molecular flexibility index (Phi) is 4.30. The summed E-state index contributed by atoms with van der Waals surface area (Å²) in [5.41, 5.74) is 6.30. The Morgan fingerprint density at radius 1 is 1.33 bits per heavy atom. The molecule has 0 amide bonds. The molecule has 0 aliphatic carbocycles. The molecule has 0 radical (unpaired) electrons. The van der Waals surface area contributed by atoms with Crippen LogP contribution >= 0.6 is 0 Å². The van der Waals surface area contributed by atoms with Gasteiger partial charge in [0.25, 0.3) is 0 Å². The van der Waals surface area contributed by atoms with Crippen LogP contribution in [-0.2, 0) is 13.0 Å². The normalized spacial score (nSPS) is 10.6. The van der Waals surface area contributed by atoms with Crippen LogP contribution in [0.4, 0.5) is 4.39 Å². The first-order chi connectivity index (χ1) is 8.81. The van der Waals surface area contributed by atoms with Crippen molar-refractivity contribution in [2.24, 2.45) is 5.73 Å². The molecular weight excluding hydrogens is 233 g/mol. The maximum atomic E-state index is 13.7. The number of hydrogen-bond acceptors (Lipinski definition) is 3. The smallest absolute Gasteiger partial charge is 0.165 e. The van der Waals surface area contributed by atoms with E-state index in [1.807, 2.05) is 18.3 Å². The third-order valence-corrected chi connectivity index (χ3v) is 2.59. The largest absolute Gasteiger partial charge is 0.488 e. The first-order valence-electron chi connectivity index (χ1n) is 5.89. The van der Waals surface area contributed by atoms with Crippen LogP contribution in [0.1, 0.15) is 5.56 Å². The lowest BCUT2D eigenvalue weighted by Crippen LogP contribution is -2.11. The summed E-state index contributed by atoms with van der Waals surface area (Å²) in [6, 6.07) is 6.73. The summed E-state index contributed by atoms with van der Waals surface area (Å²) < 4.78 is 20.9. The minimum Gasteiger partial charge on any atom is -0.488 e. The van der Waals surface area contributed by atoms with Crippen LogP contribution in [-0.4, -0.2) is 22.9 Å². The Hall–Kier alpha value is -1.88. The SMILES string of the molecule is NCCc1cccc(F)c1OCCn1cccn1. The van der Waals surface area contributed by atoms with Crippen molar-refractivity contribution >= 4 is 0 Å². The van der Waals surface area contributed by atoms with Crippen molar-refractivity contribution in [2.75, 3.05) is 13.2 Å². The molecule has 2 N–H and O–H groups in total. The molecule has 0 fully saturated rings. The average Bonchev–Trinajstić information content (AvgIpc) is 2.86. The van der Waals surface area contributed by atoms with Gasteiger partial charge >= 0.3 is 0 Å². The number of benzene rings is 1. The fraction of sp³-hybridized carbons (Fsp3) is 0.308. The van der Waals surface area contributed by atoms with Crippen LogP contribution < -0.4 is 10.5 Å². The predicted molar refractivity (Wildman–Crippen MR) is 66.9 cm³/mol. The van der Waals surface area contributed by atoms with Crippen molar-refractivity contribution in [3.05, 3.63) is 48.0 Å². The van der Waals surface area contributed by atoms with Gasteiger partial charge in [-0.25, -0.2) is 4.39 Å². The fourth-order valence-electron chi connectivity index (χ4n) is 1.74. The molecule has 1 aromatic heterocycles. The van der Waals surface area contributed by atoms with Crippen molar-refractivity contribution in [1.82, 2.24) is 9.78 Å². The van der Waals surface area contributed by atoms with Crippen LogP contribution in [0.3, 0.4) is 0 Å². The van der Waals surface area contributed by atoms with Gasteiger partial charge in [-0.15, -0.1) is 0 Å². The zero-order chi connectivity index (χ0) is 12.8. The van der Waals surface area contributed by atoms with Gasteiger partial charge in [0.15, 0.2) is 11.6 Å². The summed E-state index contributed by atoms with van der Waals surface area (Å²) in [6.45, 7) is 1.43. The van der Waals surface area contributed by atoms with Gasteiger partial charge in [-0.2, -0.15) is 5.10 Å². The molecule has 1 heterocycles. The second-order valence-corrected chi connectivity index (χ2v) is 3.88. The van der Waals surface area contributed by atoms with Crippen molar-refractivity contribution in [3.63, 3.8) is 0 Å². The number of halogens is 1. The average molecular weight is 249 g/mol. The van der Waals surface area contributed by atoms with E-state index in [1.165, 1.54) is 6.07 Å². The highest BCUT2D eigenvalue weighted by molar-refractivity contribution is 5.35. The molecule has 0 unspecified atom stereocenters. The van der Waals surface area contributed by atoms with Crippen molar-refractivity contribution in [2.45, 2.75) is 13.0 Å². The van der Waals surface area contributed by atoms with Gasteiger partial charge in [-0.05, 0) is 30.7 Å². The summed E-state index contributed by atoms with van der Waals surface area (Å²) >= 11 is 0. The van der Waals surface area contributed by atoms with Crippen molar-refractivity contribution in [1.29, 1.82) is 0 Å². The second-order valence-electron chi connectivity index (χ2n) is 3.88. The first kappa shape index (κ1) is 12.6. The summed E-state index contributed by atoms with van der Waals surface area (Å²) in [5, 5.41) is 4.05. The van der Waals surface area contributed by atoms with E-state index in [9.17, 15) is 4.39 Å². The van der Waals surface area contributed by atoms with Gasteiger partial charge in [-0.1, -0.05) is 12.1 Å². The Labute approximate surface area is 105 Å². The zero-order valence-electron chi connectivity index (χ0n) is 10.1. The van der Waals surface area contributed by atoms with Gasteiger partial charge in [0, 0.05) is 12.4 Å². The van der Waals surface area contributed by atoms with Gasteiger partial charge in [-0.3, -0.25) is 4.68 Å². The number of ether oxygens (including phenoxy) is 1. The highest BCUT2D eigenvalue weighted by atomic mass is 19.1. The minimum absolute atomic E-state index is 0.301. The van der Waals surface area contributed by atoms with Crippen LogP contribution in [0.2, 0.25) is 0 Å². The molecule has 0 aliphatic heterocycles. The molecule has 96 valence electrons. The van der Waals surface area contributed by atoms with E-state index in [-0.39, 0.29) is 5.82 Å². The number of nitrogens with zero attached hydrogens (tertiary/aromatic N) is 2. The molecule has 0 bridgehead atoms. The van der Waals surface area contributed by atoms with Crippen molar-refractivity contribution < 1.29 is 9.13 Å². The van der Waals surface area contributed by atoms with E-state index in [0.717, 1.165) is 5.56 Å².